The van der Waals surface area contributed by atoms with Crippen molar-refractivity contribution in [1.82, 2.24) is 19.8 Å². The molecule has 2 heterocycles. The maximum Gasteiger partial charge on any atom is 0.234 e. The maximum absolute atomic E-state index is 4.66. The van der Waals surface area contributed by atoms with E-state index < -0.39 is 0 Å². The normalized spacial score (nSPS) is 12.2. The fourth-order valence-electron chi connectivity index (χ4n) is 2.27. The second kappa shape index (κ2) is 5.22. The molecule has 0 aliphatic carbocycles. The number of rotatable bonds is 3. The zero-order chi connectivity index (χ0) is 15.0. The molecule has 0 atom stereocenters. The van der Waals surface area contributed by atoms with E-state index in [1.165, 1.54) is 5.56 Å². The lowest BCUT2D eigenvalue weighted by atomic mass is 9.87. The third-order valence-electron chi connectivity index (χ3n) is 3.53. The van der Waals surface area contributed by atoms with Crippen molar-refractivity contribution in [2.24, 2.45) is 0 Å². The molecule has 0 spiro atoms. The number of hydrogen-bond acceptors (Lipinski definition) is 4. The predicted octanol–water partition coefficient (Wildman–Crippen LogP) is 4.10. The fraction of sp³-hybridized carbons (Fsp3) is 0.438. The average molecular weight is 300 g/mol. The van der Waals surface area contributed by atoms with Crippen LogP contribution in [0, 0.1) is 0 Å². The summed E-state index contributed by atoms with van der Waals surface area (Å²) in [6.45, 7) is 8.81. The van der Waals surface area contributed by atoms with E-state index in [0.29, 0.717) is 0 Å². The first-order valence-corrected chi connectivity index (χ1v) is 8.12. The Morgan fingerprint density at radius 1 is 1.10 bits per heavy atom. The molecule has 0 saturated heterocycles. The highest BCUT2D eigenvalue weighted by Gasteiger charge is 2.15. The number of fused-ring (bicyclic) bond motifs is 1. The van der Waals surface area contributed by atoms with Gasteiger partial charge in [0.25, 0.3) is 0 Å². The largest absolute Gasteiger partial charge is 0.234 e. The molecule has 110 valence electrons. The minimum absolute atomic E-state index is 0.175. The molecule has 0 radical (unpaired) electrons. The summed E-state index contributed by atoms with van der Waals surface area (Å²) in [5.41, 5.74) is 2.65. The number of hydrogen-bond donors (Lipinski definition) is 0. The summed E-state index contributed by atoms with van der Waals surface area (Å²) in [5.74, 6) is 0.946. The van der Waals surface area contributed by atoms with Crippen LogP contribution >= 0.6 is 11.3 Å². The van der Waals surface area contributed by atoms with Crippen molar-refractivity contribution in [3.63, 3.8) is 0 Å². The molecular weight excluding hydrogens is 280 g/mol. The minimum Gasteiger partial charge on any atom is -0.187 e. The summed E-state index contributed by atoms with van der Waals surface area (Å²) < 4.78 is 1.88. The van der Waals surface area contributed by atoms with Gasteiger partial charge in [-0.1, -0.05) is 63.3 Å². The van der Waals surface area contributed by atoms with Gasteiger partial charge in [-0.15, -0.1) is 10.2 Å². The Labute approximate surface area is 128 Å². The average Bonchev–Trinajstić information content (AvgIpc) is 3.00. The van der Waals surface area contributed by atoms with Gasteiger partial charge in [0.2, 0.25) is 4.96 Å². The second-order valence-electron chi connectivity index (χ2n) is 6.30. The maximum atomic E-state index is 4.66. The lowest BCUT2D eigenvalue weighted by molar-refractivity contribution is 0.590. The van der Waals surface area contributed by atoms with Gasteiger partial charge in [0, 0.05) is 12.0 Å². The van der Waals surface area contributed by atoms with Gasteiger partial charge in [-0.05, 0) is 17.4 Å². The fourth-order valence-corrected chi connectivity index (χ4v) is 3.13. The van der Waals surface area contributed by atoms with Crippen molar-refractivity contribution in [2.75, 3.05) is 0 Å². The van der Waals surface area contributed by atoms with Crippen LogP contribution in [0.2, 0.25) is 0 Å². The van der Waals surface area contributed by atoms with Gasteiger partial charge in [-0.3, -0.25) is 0 Å². The molecule has 3 rings (SSSR count). The predicted molar refractivity (Wildman–Crippen MR) is 86.8 cm³/mol. The van der Waals surface area contributed by atoms with Crippen LogP contribution < -0.4 is 0 Å². The highest BCUT2D eigenvalue weighted by Crippen LogP contribution is 2.28. The zero-order valence-electron chi connectivity index (χ0n) is 12.9. The topological polar surface area (TPSA) is 43.1 Å². The third-order valence-corrected chi connectivity index (χ3v) is 4.47. The molecule has 0 aliphatic heterocycles. The van der Waals surface area contributed by atoms with Crippen molar-refractivity contribution in [3.8, 4) is 10.6 Å². The summed E-state index contributed by atoms with van der Waals surface area (Å²) in [6, 6.07) is 8.66. The zero-order valence-corrected chi connectivity index (χ0v) is 13.7. The number of aromatic nitrogens is 4. The van der Waals surface area contributed by atoms with Gasteiger partial charge in [0.1, 0.15) is 5.01 Å². The van der Waals surface area contributed by atoms with Crippen LogP contribution in [-0.2, 0) is 11.8 Å². The van der Waals surface area contributed by atoms with Crippen LogP contribution in [0.25, 0.3) is 15.5 Å². The summed E-state index contributed by atoms with van der Waals surface area (Å²) >= 11 is 1.59. The van der Waals surface area contributed by atoms with E-state index >= 15 is 0 Å². The smallest absolute Gasteiger partial charge is 0.187 e. The number of benzene rings is 1. The minimum atomic E-state index is 0.175. The molecule has 21 heavy (non-hydrogen) atoms. The van der Waals surface area contributed by atoms with Crippen LogP contribution in [0.4, 0.5) is 0 Å². The Bertz CT molecular complexity index is 747. The quantitative estimate of drug-likeness (QED) is 0.731. The van der Waals surface area contributed by atoms with Crippen molar-refractivity contribution >= 4 is 16.3 Å². The van der Waals surface area contributed by atoms with Crippen molar-refractivity contribution in [1.29, 1.82) is 0 Å². The van der Waals surface area contributed by atoms with Crippen molar-refractivity contribution < 1.29 is 0 Å². The van der Waals surface area contributed by atoms with Crippen LogP contribution in [-0.4, -0.2) is 19.8 Å². The molecule has 0 fully saturated rings. The summed E-state index contributed by atoms with van der Waals surface area (Å²) in [4.78, 5) is 0.869. The first-order chi connectivity index (χ1) is 9.99. The molecule has 4 nitrogen and oxygen atoms in total. The van der Waals surface area contributed by atoms with Crippen LogP contribution in [0.1, 0.15) is 45.5 Å². The van der Waals surface area contributed by atoms with E-state index in [2.05, 4.69) is 67.3 Å². The molecule has 0 saturated carbocycles. The first kappa shape index (κ1) is 14.2. The molecule has 2 aromatic heterocycles. The molecule has 3 aromatic rings. The lowest BCUT2D eigenvalue weighted by Gasteiger charge is -2.18. The first-order valence-electron chi connectivity index (χ1n) is 7.31. The van der Waals surface area contributed by atoms with Crippen LogP contribution in [0.5, 0.6) is 0 Å². The molecule has 5 heteroatoms. The lowest BCUT2D eigenvalue weighted by Crippen LogP contribution is -2.10. The van der Waals surface area contributed by atoms with Gasteiger partial charge < -0.3 is 0 Å². The number of aryl methyl sites for hydroxylation is 1. The SMILES string of the molecule is CCCc1nnc2sc(-c3ccc(C(C)(C)C)cc3)nn12. The van der Waals surface area contributed by atoms with E-state index in [1.807, 2.05) is 4.52 Å². The monoisotopic (exact) mass is 300 g/mol. The molecular formula is C16H20N4S. The van der Waals surface area contributed by atoms with Gasteiger partial charge in [0.05, 0.1) is 0 Å². The Morgan fingerprint density at radius 3 is 2.43 bits per heavy atom. The summed E-state index contributed by atoms with van der Waals surface area (Å²) in [7, 11) is 0. The third kappa shape index (κ3) is 2.70. The molecule has 0 N–H and O–H groups in total. The molecule has 0 amide bonds. The summed E-state index contributed by atoms with van der Waals surface area (Å²) in [5, 5.41) is 14.1. The molecule has 0 bridgehead atoms. The molecule has 0 unspecified atom stereocenters. The van der Waals surface area contributed by atoms with E-state index in [0.717, 1.165) is 34.2 Å². The Morgan fingerprint density at radius 2 is 1.81 bits per heavy atom. The Balaban J connectivity index is 1.96. The summed E-state index contributed by atoms with van der Waals surface area (Å²) in [6.07, 6.45) is 1.96. The van der Waals surface area contributed by atoms with E-state index in [9.17, 15) is 0 Å². The van der Waals surface area contributed by atoms with Crippen LogP contribution in [0.3, 0.4) is 0 Å². The van der Waals surface area contributed by atoms with E-state index in [4.69, 9.17) is 0 Å². The Hall–Kier alpha value is -1.75. The van der Waals surface area contributed by atoms with E-state index in [-0.39, 0.29) is 5.41 Å². The van der Waals surface area contributed by atoms with Crippen molar-refractivity contribution in [3.05, 3.63) is 35.7 Å². The highest BCUT2D eigenvalue weighted by molar-refractivity contribution is 7.19. The van der Waals surface area contributed by atoms with Gasteiger partial charge in [-0.2, -0.15) is 9.61 Å². The standard InChI is InChI=1S/C16H20N4S/c1-5-6-13-17-18-15-20(13)19-14(21-15)11-7-9-12(10-8-11)16(2,3)4/h7-10H,5-6H2,1-4H3. The Kier molecular flexibility index (Phi) is 3.53. The highest BCUT2D eigenvalue weighted by atomic mass is 32.1. The number of nitrogens with zero attached hydrogens (tertiary/aromatic N) is 4. The van der Waals surface area contributed by atoms with Gasteiger partial charge >= 0.3 is 0 Å². The van der Waals surface area contributed by atoms with Crippen molar-refractivity contribution in [2.45, 2.75) is 46.0 Å². The molecule has 1 aromatic carbocycles. The molecule has 0 aliphatic rings. The van der Waals surface area contributed by atoms with Gasteiger partial charge in [0.15, 0.2) is 5.82 Å². The van der Waals surface area contributed by atoms with E-state index in [1.54, 1.807) is 11.3 Å². The van der Waals surface area contributed by atoms with Crippen LogP contribution in [0.15, 0.2) is 24.3 Å². The van der Waals surface area contributed by atoms with Gasteiger partial charge in [-0.25, -0.2) is 0 Å². The second-order valence-corrected chi connectivity index (χ2v) is 7.25.